The van der Waals surface area contributed by atoms with Crippen LogP contribution in [0, 0.1) is 5.92 Å². The Kier molecular flexibility index (Phi) is 13.8. The van der Waals surface area contributed by atoms with Crippen LogP contribution in [0.1, 0.15) is 6.42 Å². The summed E-state index contributed by atoms with van der Waals surface area (Å²) in [6, 6.07) is -5.70. The minimum Gasteiger partial charge on any atom is -0.394 e. The van der Waals surface area contributed by atoms with Crippen LogP contribution in [0.15, 0.2) is 0 Å². The van der Waals surface area contributed by atoms with Gasteiger partial charge in [0, 0.05) is 31.6 Å². The Hall–Kier alpha value is -1.41. The molecule has 20 nitrogen and oxygen atoms in total. The third kappa shape index (κ3) is 8.29. The molecule has 3 fully saturated rings. The van der Waals surface area contributed by atoms with Crippen molar-refractivity contribution in [1.82, 2.24) is 15.7 Å². The first-order valence-corrected chi connectivity index (χ1v) is 14.5. The summed E-state index contributed by atoms with van der Waals surface area (Å²) in [6.45, 7) is -1.64. The van der Waals surface area contributed by atoms with Gasteiger partial charge in [0.1, 0.15) is 36.6 Å². The predicted molar refractivity (Wildman–Crippen MR) is 147 cm³/mol. The Labute approximate surface area is 253 Å². The van der Waals surface area contributed by atoms with Crippen LogP contribution >= 0.6 is 0 Å². The van der Waals surface area contributed by atoms with E-state index in [2.05, 4.69) is 10.6 Å². The zero-order valence-corrected chi connectivity index (χ0v) is 24.1. The lowest BCUT2D eigenvalue weighted by Gasteiger charge is -2.52. The molecule has 1 saturated carbocycles. The molecule has 0 aromatic heterocycles. The molecule has 0 radical (unpaired) electrons. The Morgan fingerprint density at radius 1 is 0.955 bits per heavy atom. The number of hydrogen-bond donors (Lipinski definition) is 15. The second kappa shape index (κ2) is 16.4. The van der Waals surface area contributed by atoms with Crippen LogP contribution in [-0.4, -0.2) is 188 Å². The summed E-state index contributed by atoms with van der Waals surface area (Å²) in [5, 5.41) is 97.8. The van der Waals surface area contributed by atoms with Crippen molar-refractivity contribution in [3.63, 3.8) is 0 Å². The first kappa shape index (κ1) is 37.1. The number of aliphatic hydroxyl groups is 8. The number of ether oxygens (including phenoxy) is 3. The van der Waals surface area contributed by atoms with Gasteiger partial charge in [-0.25, -0.2) is 9.86 Å². The molecule has 19 N–H and O–H groups in total. The van der Waals surface area contributed by atoms with Gasteiger partial charge in [0.15, 0.2) is 6.29 Å². The second-order valence-corrected chi connectivity index (χ2v) is 11.5. The number of nitrogens with two attached hydrogens (primary N) is 4. The quantitative estimate of drug-likeness (QED) is 0.0693. The van der Waals surface area contributed by atoms with Gasteiger partial charge in [0.25, 0.3) is 0 Å². The summed E-state index contributed by atoms with van der Waals surface area (Å²) in [6.07, 6.45) is -15.6. The number of hydrogen-bond acceptors (Lipinski definition) is 18. The molecule has 2 heterocycles. The van der Waals surface area contributed by atoms with Gasteiger partial charge in [-0.15, -0.1) is 0 Å². The number of urea groups is 1. The van der Waals surface area contributed by atoms with Gasteiger partial charge in [-0.05, 0) is 6.42 Å². The monoisotopic (exact) mass is 643 g/mol. The molecule has 20 heteroatoms. The summed E-state index contributed by atoms with van der Waals surface area (Å²) in [7, 11) is 0. The second-order valence-electron chi connectivity index (χ2n) is 11.5. The number of nitrogens with one attached hydrogen (secondary N) is 2. The molecule has 0 bridgehead atoms. The maximum atomic E-state index is 12.7. The molecule has 0 aromatic rings. The van der Waals surface area contributed by atoms with Gasteiger partial charge >= 0.3 is 6.03 Å². The van der Waals surface area contributed by atoms with Gasteiger partial charge in [-0.3, -0.25) is 5.21 Å². The molecule has 44 heavy (non-hydrogen) atoms. The van der Waals surface area contributed by atoms with Crippen LogP contribution in [0.2, 0.25) is 0 Å². The van der Waals surface area contributed by atoms with Crippen LogP contribution in [-0.2, 0) is 14.2 Å². The van der Waals surface area contributed by atoms with E-state index >= 15 is 0 Å². The fourth-order valence-corrected chi connectivity index (χ4v) is 5.88. The number of amides is 2. The normalized spacial score (nSPS) is 43.8. The lowest BCUT2D eigenvalue weighted by molar-refractivity contribution is -0.307. The van der Waals surface area contributed by atoms with E-state index in [-0.39, 0.29) is 32.6 Å². The van der Waals surface area contributed by atoms with Crippen LogP contribution in [0.5, 0.6) is 0 Å². The highest BCUT2D eigenvalue weighted by Crippen LogP contribution is 2.37. The van der Waals surface area contributed by atoms with Gasteiger partial charge in [-0.2, -0.15) is 0 Å². The summed E-state index contributed by atoms with van der Waals surface area (Å²) in [5.41, 5.74) is 24.0. The molecule has 2 amide bonds. The van der Waals surface area contributed by atoms with E-state index in [0.29, 0.717) is 5.06 Å². The molecular weight excluding hydrogens is 594 g/mol. The Balaban J connectivity index is 1.88. The van der Waals surface area contributed by atoms with Crippen molar-refractivity contribution in [2.45, 2.75) is 97.9 Å². The van der Waals surface area contributed by atoms with E-state index < -0.39 is 117 Å². The van der Waals surface area contributed by atoms with Gasteiger partial charge < -0.3 is 88.6 Å². The van der Waals surface area contributed by atoms with Crippen LogP contribution in [0.3, 0.4) is 0 Å². The van der Waals surface area contributed by atoms with E-state index in [1.54, 1.807) is 0 Å². The molecule has 16 atom stereocenters. The Bertz CT molecular complexity index is 899. The summed E-state index contributed by atoms with van der Waals surface area (Å²) >= 11 is 0. The topological polar surface area (TPSA) is 358 Å². The molecule has 2 saturated heterocycles. The molecule has 16 unspecified atom stereocenters. The number of carbonyl (C=O) groups is 1. The van der Waals surface area contributed by atoms with E-state index in [9.17, 15) is 45.7 Å². The zero-order valence-electron chi connectivity index (χ0n) is 24.1. The molecule has 0 spiro atoms. The van der Waals surface area contributed by atoms with Gasteiger partial charge in [-0.1, -0.05) is 0 Å². The number of aliphatic hydroxyl groups excluding tert-OH is 8. The van der Waals surface area contributed by atoms with Crippen LogP contribution in [0.25, 0.3) is 0 Å². The standard InChI is InChI=1S/C24H49N7O13/c25-1-2-31(41)24(40)30-10-3-9(26)13(18(37)21(10)44-23-20(39)14(27)16(35)12(7-33)43-23)22-15(28)19(38)17(36)11(42-22)5-29-4-8(34)6-32/h8-23,29,32-39,41H,1-7,25-28H2,(H,30,40). The SMILES string of the molecule is NCCN(O)C(=O)NC1CC(N)C(C2OC(CNCC(O)CO)C(O)C(O)C2N)C(O)C1OC1OC(CO)C(O)C(N)C1O. The molecule has 0 aromatic carbocycles. The van der Waals surface area contributed by atoms with E-state index in [0.717, 1.165) is 0 Å². The van der Waals surface area contributed by atoms with E-state index in [1.165, 1.54) is 0 Å². The number of hydroxylamine groups is 2. The van der Waals surface area contributed by atoms with Crippen molar-refractivity contribution in [1.29, 1.82) is 0 Å². The first-order valence-electron chi connectivity index (χ1n) is 14.5. The summed E-state index contributed by atoms with van der Waals surface area (Å²) in [4.78, 5) is 12.7. The van der Waals surface area contributed by atoms with Crippen molar-refractivity contribution < 1.29 is 65.1 Å². The number of carbonyl (C=O) groups excluding carboxylic acids is 1. The largest absolute Gasteiger partial charge is 0.394 e. The third-order valence-corrected chi connectivity index (χ3v) is 8.41. The molecule has 258 valence electrons. The fourth-order valence-electron chi connectivity index (χ4n) is 5.88. The zero-order chi connectivity index (χ0) is 32.9. The van der Waals surface area contributed by atoms with Gasteiger partial charge in [0.05, 0.1) is 62.3 Å². The maximum absolute atomic E-state index is 12.7. The van der Waals surface area contributed by atoms with Crippen molar-refractivity contribution in [2.75, 3.05) is 39.4 Å². The fraction of sp³-hybridized carbons (Fsp3) is 0.958. The van der Waals surface area contributed by atoms with Gasteiger partial charge in [0.2, 0.25) is 0 Å². The van der Waals surface area contributed by atoms with Crippen molar-refractivity contribution >= 4 is 6.03 Å². The van der Waals surface area contributed by atoms with Crippen molar-refractivity contribution in [2.24, 2.45) is 28.9 Å². The third-order valence-electron chi connectivity index (χ3n) is 8.41. The lowest BCUT2D eigenvalue weighted by Crippen LogP contribution is -2.72. The smallest absolute Gasteiger partial charge is 0.341 e. The highest BCUT2D eigenvalue weighted by atomic mass is 16.7. The molecular formula is C24H49N7O13. The minimum absolute atomic E-state index is 0.0554. The molecule has 1 aliphatic carbocycles. The van der Waals surface area contributed by atoms with Crippen molar-refractivity contribution in [3.05, 3.63) is 0 Å². The van der Waals surface area contributed by atoms with E-state index in [4.69, 9.17) is 42.3 Å². The molecule has 2 aliphatic heterocycles. The maximum Gasteiger partial charge on any atom is 0.341 e. The predicted octanol–water partition coefficient (Wildman–Crippen LogP) is -8.67. The molecule has 3 aliphatic rings. The van der Waals surface area contributed by atoms with Crippen LogP contribution in [0.4, 0.5) is 4.79 Å². The highest BCUT2D eigenvalue weighted by molar-refractivity contribution is 5.73. The Morgan fingerprint density at radius 3 is 2.25 bits per heavy atom. The number of nitrogens with zero attached hydrogens (tertiary/aromatic N) is 1. The summed E-state index contributed by atoms with van der Waals surface area (Å²) < 4.78 is 17.5. The average Bonchev–Trinajstić information content (AvgIpc) is 2.99. The Morgan fingerprint density at radius 2 is 1.64 bits per heavy atom. The number of rotatable bonds is 12. The minimum atomic E-state index is -1.65. The summed E-state index contributed by atoms with van der Waals surface area (Å²) in [5.74, 6) is -1.11. The first-order chi connectivity index (χ1) is 20.8. The highest BCUT2D eigenvalue weighted by Gasteiger charge is 2.55. The van der Waals surface area contributed by atoms with E-state index in [1.807, 2.05) is 0 Å². The molecule has 3 rings (SSSR count). The van der Waals surface area contributed by atoms with Crippen molar-refractivity contribution in [3.8, 4) is 0 Å². The van der Waals surface area contributed by atoms with Crippen LogP contribution < -0.4 is 33.6 Å². The lowest BCUT2D eigenvalue weighted by atomic mass is 9.71. The average molecular weight is 644 g/mol.